The number of aromatic nitrogens is 6. The molecule has 0 fully saturated rings. The van der Waals surface area contributed by atoms with Crippen LogP contribution in [0.15, 0.2) is 35.6 Å². The summed E-state index contributed by atoms with van der Waals surface area (Å²) in [6.45, 7) is 4.02. The third-order valence-corrected chi connectivity index (χ3v) is 6.53. The zero-order valence-corrected chi connectivity index (χ0v) is 17.6. The highest BCUT2D eigenvalue weighted by Gasteiger charge is 2.32. The molecule has 13 heteroatoms. The summed E-state index contributed by atoms with van der Waals surface area (Å²) in [4.78, 5) is 10.3. The van der Waals surface area contributed by atoms with E-state index in [4.69, 9.17) is 0 Å². The molecule has 0 saturated heterocycles. The Morgan fingerprint density at radius 3 is 2.55 bits per heavy atom. The number of halogens is 3. The highest BCUT2D eigenvalue weighted by Crippen LogP contribution is 2.33. The Hall–Kier alpha value is -3.22. The van der Waals surface area contributed by atoms with E-state index in [9.17, 15) is 21.6 Å². The molecule has 164 valence electrons. The molecular formula is C18H18F3N7O2S. The van der Waals surface area contributed by atoms with Crippen molar-refractivity contribution >= 4 is 26.9 Å². The van der Waals surface area contributed by atoms with E-state index < -0.39 is 21.6 Å². The lowest BCUT2D eigenvalue weighted by molar-refractivity contribution is -0.137. The zero-order chi connectivity index (χ0) is 22.6. The third kappa shape index (κ3) is 3.48. The fourth-order valence-electron chi connectivity index (χ4n) is 3.08. The van der Waals surface area contributed by atoms with Crippen LogP contribution in [-0.4, -0.2) is 57.0 Å². The number of sulfone groups is 1. The van der Waals surface area contributed by atoms with Gasteiger partial charge in [0, 0.05) is 26.0 Å². The van der Waals surface area contributed by atoms with Crippen LogP contribution in [0.1, 0.15) is 19.4 Å². The minimum atomic E-state index is -4.55. The molecule has 0 spiro atoms. The summed E-state index contributed by atoms with van der Waals surface area (Å²) in [6, 6.07) is 3.40. The molecule has 0 radical (unpaired) electrons. The van der Waals surface area contributed by atoms with Gasteiger partial charge in [-0.1, -0.05) is 6.92 Å². The molecule has 0 aliphatic heterocycles. The normalized spacial score (nSPS) is 12.7. The number of alkyl halides is 3. The van der Waals surface area contributed by atoms with Crippen molar-refractivity contribution in [3.63, 3.8) is 0 Å². The van der Waals surface area contributed by atoms with Crippen molar-refractivity contribution in [1.82, 2.24) is 29.2 Å². The summed E-state index contributed by atoms with van der Waals surface area (Å²) in [5, 5.41) is 8.21. The minimum Gasteiger partial charge on any atom is -0.360 e. The SMILES string of the molecule is CCN(C)c1ccnc2c(-c3nc4cc(C(F)(F)F)ccn4n3)c(S(=O)(=O)CC)nn12. The van der Waals surface area contributed by atoms with Gasteiger partial charge < -0.3 is 4.90 Å². The predicted molar refractivity (Wildman–Crippen MR) is 107 cm³/mol. The van der Waals surface area contributed by atoms with E-state index in [1.54, 1.807) is 6.07 Å². The second kappa shape index (κ2) is 7.18. The van der Waals surface area contributed by atoms with E-state index in [1.165, 1.54) is 17.6 Å². The second-order valence-corrected chi connectivity index (χ2v) is 8.98. The summed E-state index contributed by atoms with van der Waals surface area (Å²) >= 11 is 0. The molecule has 31 heavy (non-hydrogen) atoms. The molecule has 0 aliphatic carbocycles. The Kier molecular flexibility index (Phi) is 4.87. The largest absolute Gasteiger partial charge is 0.416 e. The average Bonchev–Trinajstić information content (AvgIpc) is 3.33. The monoisotopic (exact) mass is 453 g/mol. The lowest BCUT2D eigenvalue weighted by atomic mass is 10.2. The van der Waals surface area contributed by atoms with Crippen LogP contribution in [0, 0.1) is 0 Å². The first-order valence-electron chi connectivity index (χ1n) is 9.32. The Morgan fingerprint density at radius 2 is 1.90 bits per heavy atom. The first-order chi connectivity index (χ1) is 14.6. The van der Waals surface area contributed by atoms with Gasteiger partial charge >= 0.3 is 6.18 Å². The highest BCUT2D eigenvalue weighted by atomic mass is 32.2. The Labute approximate surface area is 175 Å². The fraction of sp³-hybridized carbons (Fsp3) is 0.333. The maximum Gasteiger partial charge on any atom is 0.416 e. The van der Waals surface area contributed by atoms with Crippen LogP contribution in [0.3, 0.4) is 0 Å². The number of pyridine rings is 1. The van der Waals surface area contributed by atoms with Crippen molar-refractivity contribution < 1.29 is 21.6 Å². The van der Waals surface area contributed by atoms with Crippen LogP contribution in [0.2, 0.25) is 0 Å². The molecule has 4 aromatic heterocycles. The van der Waals surface area contributed by atoms with Gasteiger partial charge in [-0.05, 0) is 25.1 Å². The van der Waals surface area contributed by atoms with Crippen LogP contribution < -0.4 is 4.90 Å². The Bertz CT molecular complexity index is 1390. The number of fused-ring (bicyclic) bond motifs is 2. The average molecular weight is 453 g/mol. The van der Waals surface area contributed by atoms with E-state index in [-0.39, 0.29) is 33.5 Å². The first kappa shape index (κ1) is 21.0. The van der Waals surface area contributed by atoms with Crippen molar-refractivity contribution in [3.05, 3.63) is 36.2 Å². The molecule has 0 aliphatic rings. The van der Waals surface area contributed by atoms with Crippen LogP contribution in [-0.2, 0) is 16.0 Å². The molecular weight excluding hydrogens is 435 g/mol. The van der Waals surface area contributed by atoms with E-state index in [0.29, 0.717) is 12.4 Å². The van der Waals surface area contributed by atoms with Crippen LogP contribution >= 0.6 is 0 Å². The first-order valence-corrected chi connectivity index (χ1v) is 11.0. The van der Waals surface area contributed by atoms with Crippen LogP contribution in [0.4, 0.5) is 19.0 Å². The summed E-state index contributed by atoms with van der Waals surface area (Å²) in [5.74, 6) is 0.286. The Morgan fingerprint density at radius 1 is 1.16 bits per heavy atom. The van der Waals surface area contributed by atoms with E-state index in [0.717, 1.165) is 22.8 Å². The van der Waals surface area contributed by atoms with Crippen molar-refractivity contribution in [2.24, 2.45) is 0 Å². The molecule has 0 unspecified atom stereocenters. The predicted octanol–water partition coefficient (Wildman–Crippen LogP) is 2.71. The third-order valence-electron chi connectivity index (χ3n) is 4.89. The minimum absolute atomic E-state index is 0.0467. The van der Waals surface area contributed by atoms with Crippen molar-refractivity contribution in [2.45, 2.75) is 25.0 Å². The number of anilines is 1. The summed E-state index contributed by atoms with van der Waals surface area (Å²) in [6.07, 6.45) is -1.92. The maximum absolute atomic E-state index is 13.1. The van der Waals surface area contributed by atoms with Crippen molar-refractivity contribution in [1.29, 1.82) is 0 Å². The van der Waals surface area contributed by atoms with Crippen LogP contribution in [0.25, 0.3) is 22.7 Å². The number of hydrogen-bond acceptors (Lipinski definition) is 7. The summed E-state index contributed by atoms with van der Waals surface area (Å²) in [5.41, 5.74) is -0.724. The molecule has 0 bridgehead atoms. The van der Waals surface area contributed by atoms with Gasteiger partial charge in [0.25, 0.3) is 0 Å². The quantitative estimate of drug-likeness (QED) is 0.458. The van der Waals surface area contributed by atoms with Gasteiger partial charge in [-0.2, -0.15) is 22.8 Å². The van der Waals surface area contributed by atoms with Gasteiger partial charge in [-0.3, -0.25) is 0 Å². The number of rotatable bonds is 5. The van der Waals surface area contributed by atoms with E-state index in [2.05, 4.69) is 20.2 Å². The lowest BCUT2D eigenvalue weighted by Crippen LogP contribution is -2.19. The smallest absolute Gasteiger partial charge is 0.360 e. The summed E-state index contributed by atoms with van der Waals surface area (Å²) < 4.78 is 67.3. The van der Waals surface area contributed by atoms with Crippen molar-refractivity contribution in [2.75, 3.05) is 24.2 Å². The lowest BCUT2D eigenvalue weighted by Gasteiger charge is -2.17. The van der Waals surface area contributed by atoms with Crippen LogP contribution in [0.5, 0.6) is 0 Å². The molecule has 9 nitrogen and oxygen atoms in total. The maximum atomic E-state index is 13.1. The summed E-state index contributed by atoms with van der Waals surface area (Å²) in [7, 11) is -2.01. The molecule has 4 rings (SSSR count). The number of hydrogen-bond donors (Lipinski definition) is 0. The van der Waals surface area contributed by atoms with Gasteiger partial charge in [0.2, 0.25) is 0 Å². The second-order valence-electron chi connectivity index (χ2n) is 6.79. The molecule has 4 heterocycles. The number of nitrogens with zero attached hydrogens (tertiary/aromatic N) is 7. The van der Waals surface area contributed by atoms with E-state index >= 15 is 0 Å². The van der Waals surface area contributed by atoms with Gasteiger partial charge in [0.15, 0.2) is 32.0 Å². The van der Waals surface area contributed by atoms with E-state index in [1.807, 2.05) is 18.9 Å². The van der Waals surface area contributed by atoms with Crippen molar-refractivity contribution in [3.8, 4) is 11.4 Å². The molecule has 0 aromatic carbocycles. The topological polar surface area (TPSA) is 97.8 Å². The van der Waals surface area contributed by atoms with Gasteiger partial charge in [0.05, 0.1) is 11.3 Å². The Balaban J connectivity index is 2.03. The fourth-order valence-corrected chi connectivity index (χ4v) is 4.05. The molecule has 0 amide bonds. The van der Waals surface area contributed by atoms with Gasteiger partial charge in [-0.15, -0.1) is 5.10 Å². The van der Waals surface area contributed by atoms with Gasteiger partial charge in [0.1, 0.15) is 11.4 Å². The highest BCUT2D eigenvalue weighted by molar-refractivity contribution is 7.91. The zero-order valence-electron chi connectivity index (χ0n) is 16.8. The molecule has 0 N–H and O–H groups in total. The van der Waals surface area contributed by atoms with Gasteiger partial charge in [-0.25, -0.2) is 22.9 Å². The molecule has 0 saturated carbocycles. The molecule has 4 aromatic rings. The standard InChI is InChI=1S/C18H18F3N7O2S/c1-4-26(3)13-6-8-22-16-14(17(25-28(13)16)31(29,30)5-2)15-23-12-10-11(18(19,20)21)7-9-27(12)24-15/h6-10H,4-5H2,1-3H3. The molecule has 0 atom stereocenters.